The highest BCUT2D eigenvalue weighted by atomic mass is 15.3. The average molecular weight is 141 g/mol. The second-order valence-electron chi connectivity index (χ2n) is 2.65. The third kappa shape index (κ3) is 1.42. The minimum absolute atomic E-state index is 0.630. The first-order valence-corrected chi connectivity index (χ1v) is 3.66. The zero-order valence-electron chi connectivity index (χ0n) is 6.43. The van der Waals surface area contributed by atoms with Crippen LogP contribution in [0.5, 0.6) is 0 Å². The molecular weight excluding hydrogens is 126 g/mol. The second-order valence-corrected chi connectivity index (χ2v) is 2.65. The largest absolute Gasteiger partial charge is 0.386 e. The van der Waals surface area contributed by atoms with Crippen LogP contribution in [0.2, 0.25) is 0 Å². The summed E-state index contributed by atoms with van der Waals surface area (Å²) in [5.41, 5.74) is 5.46. The van der Waals surface area contributed by atoms with E-state index in [9.17, 15) is 0 Å². The van der Waals surface area contributed by atoms with Crippen molar-refractivity contribution in [3.05, 3.63) is 12.4 Å². The SMILES string of the molecule is C=C(N)N1CC(NCC)C1. The number of nitrogens with zero attached hydrogens (tertiary/aromatic N) is 1. The van der Waals surface area contributed by atoms with Crippen LogP contribution in [0.3, 0.4) is 0 Å². The molecule has 0 spiro atoms. The van der Waals surface area contributed by atoms with Crippen LogP contribution in [0.4, 0.5) is 0 Å². The molecule has 1 aliphatic heterocycles. The van der Waals surface area contributed by atoms with Gasteiger partial charge in [0, 0.05) is 19.1 Å². The normalized spacial score (nSPS) is 18.7. The minimum atomic E-state index is 0.630. The smallest absolute Gasteiger partial charge is 0.0913 e. The number of nitrogens with one attached hydrogen (secondary N) is 1. The van der Waals surface area contributed by atoms with Crippen LogP contribution in [-0.4, -0.2) is 30.6 Å². The third-order valence-electron chi connectivity index (χ3n) is 1.78. The van der Waals surface area contributed by atoms with Gasteiger partial charge in [-0.2, -0.15) is 0 Å². The summed E-state index contributed by atoms with van der Waals surface area (Å²) in [5, 5.41) is 3.33. The van der Waals surface area contributed by atoms with E-state index >= 15 is 0 Å². The summed E-state index contributed by atoms with van der Waals surface area (Å²) in [6.45, 7) is 8.83. The molecule has 1 heterocycles. The Bertz CT molecular complexity index is 127. The Labute approximate surface area is 61.9 Å². The highest BCUT2D eigenvalue weighted by Gasteiger charge is 2.24. The van der Waals surface area contributed by atoms with Gasteiger partial charge in [0.1, 0.15) is 0 Å². The molecule has 3 nitrogen and oxygen atoms in total. The standard InChI is InChI=1S/C7H15N3/c1-3-9-7-4-10(5-7)6(2)8/h7,9H,2-5,8H2,1H3. The van der Waals surface area contributed by atoms with Gasteiger partial charge in [0.2, 0.25) is 0 Å². The van der Waals surface area contributed by atoms with Crippen molar-refractivity contribution in [1.29, 1.82) is 0 Å². The number of likely N-dealkylation sites (N-methyl/N-ethyl adjacent to an activating group) is 1. The van der Waals surface area contributed by atoms with E-state index in [1.165, 1.54) is 0 Å². The Kier molecular flexibility index (Phi) is 2.17. The number of likely N-dealkylation sites (tertiary alicyclic amines) is 1. The van der Waals surface area contributed by atoms with Crippen LogP contribution in [0.15, 0.2) is 12.4 Å². The van der Waals surface area contributed by atoms with E-state index in [0.717, 1.165) is 19.6 Å². The zero-order valence-corrected chi connectivity index (χ0v) is 6.43. The summed E-state index contributed by atoms with van der Waals surface area (Å²) in [4.78, 5) is 2.06. The number of hydrogen-bond donors (Lipinski definition) is 2. The van der Waals surface area contributed by atoms with Gasteiger partial charge < -0.3 is 16.0 Å². The molecule has 0 aromatic heterocycles. The van der Waals surface area contributed by atoms with Crippen molar-refractivity contribution in [3.8, 4) is 0 Å². The van der Waals surface area contributed by atoms with Gasteiger partial charge in [-0.1, -0.05) is 13.5 Å². The maximum absolute atomic E-state index is 5.46. The Morgan fingerprint density at radius 2 is 2.40 bits per heavy atom. The van der Waals surface area contributed by atoms with E-state index in [1.807, 2.05) is 0 Å². The molecule has 0 aromatic rings. The fourth-order valence-corrected chi connectivity index (χ4v) is 1.13. The van der Waals surface area contributed by atoms with Crippen LogP contribution in [0, 0.1) is 0 Å². The van der Waals surface area contributed by atoms with Crippen LogP contribution in [0.25, 0.3) is 0 Å². The maximum Gasteiger partial charge on any atom is 0.0913 e. The van der Waals surface area contributed by atoms with Gasteiger partial charge in [-0.15, -0.1) is 0 Å². The van der Waals surface area contributed by atoms with Crippen molar-refractivity contribution in [2.45, 2.75) is 13.0 Å². The predicted molar refractivity (Wildman–Crippen MR) is 42.4 cm³/mol. The van der Waals surface area contributed by atoms with Gasteiger partial charge in [-0.25, -0.2) is 0 Å². The molecule has 1 saturated heterocycles. The lowest BCUT2D eigenvalue weighted by molar-refractivity contribution is 0.171. The zero-order chi connectivity index (χ0) is 7.56. The second kappa shape index (κ2) is 2.92. The van der Waals surface area contributed by atoms with E-state index in [2.05, 4.69) is 23.7 Å². The van der Waals surface area contributed by atoms with Gasteiger partial charge in [-0.3, -0.25) is 0 Å². The fourth-order valence-electron chi connectivity index (χ4n) is 1.13. The fraction of sp³-hybridized carbons (Fsp3) is 0.714. The van der Waals surface area contributed by atoms with Crippen LogP contribution >= 0.6 is 0 Å². The summed E-state index contributed by atoms with van der Waals surface area (Å²) in [7, 11) is 0. The number of rotatable bonds is 3. The van der Waals surface area contributed by atoms with Crippen LogP contribution in [0.1, 0.15) is 6.92 Å². The summed E-state index contributed by atoms with van der Waals surface area (Å²) >= 11 is 0. The molecule has 0 radical (unpaired) electrons. The molecule has 0 saturated carbocycles. The molecule has 1 rings (SSSR count). The van der Waals surface area contributed by atoms with Gasteiger partial charge in [0.15, 0.2) is 0 Å². The first-order valence-electron chi connectivity index (χ1n) is 3.66. The van der Waals surface area contributed by atoms with Gasteiger partial charge in [0.25, 0.3) is 0 Å². The molecule has 0 unspecified atom stereocenters. The van der Waals surface area contributed by atoms with Gasteiger partial charge in [0.05, 0.1) is 5.82 Å². The molecule has 3 heteroatoms. The van der Waals surface area contributed by atoms with E-state index in [4.69, 9.17) is 5.73 Å². The van der Waals surface area contributed by atoms with E-state index < -0.39 is 0 Å². The summed E-state index contributed by atoms with van der Waals surface area (Å²) in [6, 6.07) is 0.630. The first-order chi connectivity index (χ1) is 4.74. The quantitative estimate of drug-likeness (QED) is 0.567. The average Bonchev–Trinajstić information content (AvgIpc) is 1.76. The van der Waals surface area contributed by atoms with Crippen molar-refractivity contribution in [1.82, 2.24) is 10.2 Å². The molecule has 3 N–H and O–H groups in total. The van der Waals surface area contributed by atoms with E-state index in [0.29, 0.717) is 11.9 Å². The Morgan fingerprint density at radius 1 is 1.80 bits per heavy atom. The Balaban J connectivity index is 2.12. The van der Waals surface area contributed by atoms with Crippen molar-refractivity contribution >= 4 is 0 Å². The van der Waals surface area contributed by atoms with Gasteiger partial charge in [-0.05, 0) is 6.54 Å². The highest BCUT2D eigenvalue weighted by molar-refractivity contribution is 4.98. The number of hydrogen-bond acceptors (Lipinski definition) is 3. The Hall–Kier alpha value is -0.700. The molecule has 1 aliphatic rings. The summed E-state index contributed by atoms with van der Waals surface area (Å²) in [6.07, 6.45) is 0. The van der Waals surface area contributed by atoms with Crippen molar-refractivity contribution in [2.75, 3.05) is 19.6 Å². The molecule has 0 aromatic carbocycles. The van der Waals surface area contributed by atoms with Crippen molar-refractivity contribution < 1.29 is 0 Å². The minimum Gasteiger partial charge on any atom is -0.386 e. The molecular formula is C7H15N3. The van der Waals surface area contributed by atoms with Crippen LogP contribution < -0.4 is 11.1 Å². The molecule has 0 aliphatic carbocycles. The monoisotopic (exact) mass is 141 g/mol. The lowest BCUT2D eigenvalue weighted by Crippen LogP contribution is -2.58. The predicted octanol–water partition coefficient (Wildman–Crippen LogP) is -0.290. The molecule has 0 amide bonds. The lowest BCUT2D eigenvalue weighted by atomic mass is 10.1. The Morgan fingerprint density at radius 3 is 2.80 bits per heavy atom. The summed E-state index contributed by atoms with van der Waals surface area (Å²) in [5.74, 6) is 0.689. The van der Waals surface area contributed by atoms with Gasteiger partial charge >= 0.3 is 0 Å². The molecule has 0 atom stereocenters. The molecule has 1 fully saturated rings. The van der Waals surface area contributed by atoms with E-state index in [-0.39, 0.29) is 0 Å². The maximum atomic E-state index is 5.46. The molecule has 58 valence electrons. The van der Waals surface area contributed by atoms with E-state index in [1.54, 1.807) is 0 Å². The van der Waals surface area contributed by atoms with Crippen molar-refractivity contribution in [2.24, 2.45) is 5.73 Å². The lowest BCUT2D eigenvalue weighted by Gasteiger charge is -2.40. The highest BCUT2D eigenvalue weighted by Crippen LogP contribution is 2.09. The third-order valence-corrected chi connectivity index (χ3v) is 1.78. The summed E-state index contributed by atoms with van der Waals surface area (Å²) < 4.78 is 0. The molecule has 0 bridgehead atoms. The topological polar surface area (TPSA) is 41.3 Å². The molecule has 10 heavy (non-hydrogen) atoms. The first kappa shape index (κ1) is 7.41. The van der Waals surface area contributed by atoms with Crippen LogP contribution in [-0.2, 0) is 0 Å². The van der Waals surface area contributed by atoms with Crippen molar-refractivity contribution in [3.63, 3.8) is 0 Å². The number of nitrogens with two attached hydrogens (primary N) is 1.